The van der Waals surface area contributed by atoms with Crippen molar-refractivity contribution >= 4 is 34.7 Å². The largest absolute Gasteiger partial charge is 0.437 e. The van der Waals surface area contributed by atoms with Gasteiger partial charge in [-0.15, -0.1) is 0 Å². The van der Waals surface area contributed by atoms with Gasteiger partial charge in [-0.1, -0.05) is 13.5 Å². The number of amides is 2. The summed E-state index contributed by atoms with van der Waals surface area (Å²) in [4.78, 5) is 37.6. The van der Waals surface area contributed by atoms with E-state index in [1.54, 1.807) is 6.07 Å². The minimum absolute atomic E-state index is 0.0129. The summed E-state index contributed by atoms with van der Waals surface area (Å²) < 4.78 is 6.01. The Balaban J connectivity index is 1.62. The fraction of sp³-hybridized carbons (Fsp3) is 0.250. The van der Waals surface area contributed by atoms with E-state index in [9.17, 15) is 14.9 Å². The second-order valence-electron chi connectivity index (χ2n) is 8.97. The van der Waals surface area contributed by atoms with Gasteiger partial charge in [-0.3, -0.25) is 9.59 Å². The van der Waals surface area contributed by atoms with Gasteiger partial charge in [-0.25, -0.2) is 4.98 Å². The first-order chi connectivity index (χ1) is 18.8. The number of nitrogens with zero attached hydrogens (tertiary/aromatic N) is 5. The van der Waals surface area contributed by atoms with Gasteiger partial charge in [-0.2, -0.15) is 10.2 Å². The maximum Gasteiger partial charge on any atom is 0.271 e. The molecule has 0 aliphatic carbocycles. The zero-order chi connectivity index (χ0) is 27.9. The van der Waals surface area contributed by atoms with Crippen molar-refractivity contribution < 1.29 is 14.3 Å². The van der Waals surface area contributed by atoms with E-state index in [0.717, 1.165) is 37.9 Å². The van der Waals surface area contributed by atoms with E-state index in [0.29, 0.717) is 23.6 Å². The van der Waals surface area contributed by atoms with Crippen LogP contribution in [-0.4, -0.2) is 59.9 Å². The first kappa shape index (κ1) is 27.1. The Morgan fingerprint density at radius 3 is 2.49 bits per heavy atom. The van der Waals surface area contributed by atoms with Gasteiger partial charge in [0.25, 0.3) is 5.91 Å². The van der Waals surface area contributed by atoms with Gasteiger partial charge in [0.1, 0.15) is 17.5 Å². The molecule has 2 amide bonds. The van der Waals surface area contributed by atoms with Gasteiger partial charge < -0.3 is 30.9 Å². The van der Waals surface area contributed by atoms with Crippen molar-refractivity contribution in [2.45, 2.75) is 13.3 Å². The van der Waals surface area contributed by atoms with Crippen molar-refractivity contribution in [1.29, 1.82) is 5.26 Å². The smallest absolute Gasteiger partial charge is 0.271 e. The molecule has 1 saturated heterocycles. The zero-order valence-corrected chi connectivity index (χ0v) is 21.9. The highest BCUT2D eigenvalue weighted by Crippen LogP contribution is 2.31. The number of carbonyl (C=O) groups excluding carboxylic acids is 2. The zero-order valence-electron chi connectivity index (χ0n) is 21.9. The van der Waals surface area contributed by atoms with Crippen molar-refractivity contribution in [1.82, 2.24) is 14.9 Å². The molecule has 1 aromatic heterocycles. The fourth-order valence-electron chi connectivity index (χ4n) is 4.07. The highest BCUT2D eigenvalue weighted by molar-refractivity contribution is 6.00. The predicted molar refractivity (Wildman–Crippen MR) is 149 cm³/mol. The molecule has 11 nitrogen and oxygen atoms in total. The summed E-state index contributed by atoms with van der Waals surface area (Å²) in [6, 6.07) is 14.5. The third-order valence-electron chi connectivity index (χ3n) is 6.27. The maximum absolute atomic E-state index is 12.2. The van der Waals surface area contributed by atoms with Gasteiger partial charge in [0, 0.05) is 43.6 Å². The average Bonchev–Trinajstić information content (AvgIpc) is 2.94. The van der Waals surface area contributed by atoms with Gasteiger partial charge in [0.2, 0.25) is 11.8 Å². The molecule has 0 atom stereocenters. The summed E-state index contributed by atoms with van der Waals surface area (Å²) in [5.41, 5.74) is 8.36. The fourth-order valence-corrected chi connectivity index (χ4v) is 4.07. The van der Waals surface area contributed by atoms with E-state index in [2.05, 4.69) is 44.0 Å². The third-order valence-corrected chi connectivity index (χ3v) is 6.27. The molecule has 4 rings (SSSR count). The number of piperazine rings is 1. The minimum Gasteiger partial charge on any atom is -0.437 e. The molecular formula is C28H30N8O3. The Morgan fingerprint density at radius 2 is 1.87 bits per heavy atom. The normalized spacial score (nSPS) is 13.3. The number of primary amides is 1. The first-order valence-electron chi connectivity index (χ1n) is 12.5. The Morgan fingerprint density at radius 1 is 1.15 bits per heavy atom. The summed E-state index contributed by atoms with van der Waals surface area (Å²) in [6.45, 7) is 9.19. The van der Waals surface area contributed by atoms with E-state index in [-0.39, 0.29) is 28.6 Å². The standard InChI is InChI=1S/C28H30N8O3/c1-4-22-28(39-21-11-6-18(17-29)23(16-21)32-24(37)5-2)34-27(25(33-22)26(30)38)31-19-7-9-20(10-8-19)36-14-12-35(3)13-15-36/h5-11,16H,2,4,12-15H2,1,3H3,(H2,30,38)(H,31,34)(H,32,37). The van der Waals surface area contributed by atoms with E-state index in [4.69, 9.17) is 10.5 Å². The molecule has 2 aromatic carbocycles. The lowest BCUT2D eigenvalue weighted by Gasteiger charge is -2.34. The molecule has 0 radical (unpaired) electrons. The molecule has 0 bridgehead atoms. The Kier molecular flexibility index (Phi) is 8.38. The molecule has 200 valence electrons. The van der Waals surface area contributed by atoms with Crippen LogP contribution in [0.5, 0.6) is 11.6 Å². The van der Waals surface area contributed by atoms with Gasteiger partial charge in [-0.05, 0) is 55.9 Å². The Bertz CT molecular complexity index is 1420. The number of carbonyl (C=O) groups is 2. The third kappa shape index (κ3) is 6.49. The van der Waals surface area contributed by atoms with Crippen LogP contribution in [0.4, 0.5) is 22.9 Å². The monoisotopic (exact) mass is 526 g/mol. The highest BCUT2D eigenvalue weighted by atomic mass is 16.5. The Hall–Kier alpha value is -4.95. The highest BCUT2D eigenvalue weighted by Gasteiger charge is 2.20. The topological polar surface area (TPSA) is 150 Å². The number of anilines is 4. The maximum atomic E-state index is 12.2. The summed E-state index contributed by atoms with van der Waals surface area (Å²) >= 11 is 0. The molecule has 0 unspecified atom stereocenters. The van der Waals surface area contributed by atoms with Crippen LogP contribution in [0.25, 0.3) is 0 Å². The average molecular weight is 527 g/mol. The molecule has 0 saturated carbocycles. The number of hydrogen-bond donors (Lipinski definition) is 3. The van der Waals surface area contributed by atoms with Crippen LogP contribution < -0.4 is 26.0 Å². The van der Waals surface area contributed by atoms with Crippen LogP contribution in [0.3, 0.4) is 0 Å². The van der Waals surface area contributed by atoms with Gasteiger partial charge in [0.15, 0.2) is 11.5 Å². The van der Waals surface area contributed by atoms with Crippen molar-refractivity contribution in [3.8, 4) is 17.7 Å². The number of ether oxygens (including phenoxy) is 1. The van der Waals surface area contributed by atoms with Crippen molar-refractivity contribution in [3.05, 3.63) is 72.1 Å². The van der Waals surface area contributed by atoms with Crippen LogP contribution in [-0.2, 0) is 11.2 Å². The summed E-state index contributed by atoms with van der Waals surface area (Å²) in [5.74, 6) is -0.575. The molecule has 39 heavy (non-hydrogen) atoms. The van der Waals surface area contributed by atoms with Crippen molar-refractivity contribution in [2.75, 3.05) is 48.8 Å². The van der Waals surface area contributed by atoms with Gasteiger partial charge >= 0.3 is 0 Å². The first-order valence-corrected chi connectivity index (χ1v) is 12.5. The van der Waals surface area contributed by atoms with Crippen LogP contribution in [0.1, 0.15) is 28.7 Å². The van der Waals surface area contributed by atoms with E-state index < -0.39 is 11.8 Å². The molecule has 3 aromatic rings. The molecule has 4 N–H and O–H groups in total. The predicted octanol–water partition coefficient (Wildman–Crippen LogP) is 3.42. The molecule has 1 fully saturated rings. The van der Waals surface area contributed by atoms with Gasteiger partial charge in [0.05, 0.1) is 11.3 Å². The number of hydrogen-bond acceptors (Lipinski definition) is 9. The van der Waals surface area contributed by atoms with E-state index in [1.807, 2.05) is 37.3 Å². The lowest BCUT2D eigenvalue weighted by Crippen LogP contribution is -2.44. The van der Waals surface area contributed by atoms with Crippen molar-refractivity contribution in [3.63, 3.8) is 0 Å². The number of rotatable bonds is 9. The van der Waals surface area contributed by atoms with E-state index >= 15 is 0 Å². The quantitative estimate of drug-likeness (QED) is 0.356. The van der Waals surface area contributed by atoms with Crippen LogP contribution in [0.15, 0.2) is 55.1 Å². The SMILES string of the molecule is C=CC(=O)Nc1cc(Oc2nc(Nc3ccc(N4CCN(C)CC4)cc3)c(C(N)=O)nc2CC)ccc1C#N. The number of nitriles is 1. The number of likely N-dealkylation sites (N-methyl/N-ethyl adjacent to an activating group) is 1. The van der Waals surface area contributed by atoms with Crippen molar-refractivity contribution in [2.24, 2.45) is 5.73 Å². The van der Waals surface area contributed by atoms with Crippen LogP contribution >= 0.6 is 0 Å². The number of benzene rings is 2. The number of aromatic nitrogens is 2. The minimum atomic E-state index is -0.729. The summed E-state index contributed by atoms with van der Waals surface area (Å²) in [6.07, 6.45) is 1.52. The molecule has 2 heterocycles. The molecular weight excluding hydrogens is 496 g/mol. The Labute approximate surface area is 226 Å². The number of nitrogens with one attached hydrogen (secondary N) is 2. The van der Waals surface area contributed by atoms with Crippen LogP contribution in [0.2, 0.25) is 0 Å². The summed E-state index contributed by atoms with van der Waals surface area (Å²) in [5, 5.41) is 15.1. The second kappa shape index (κ2) is 12.1. The van der Waals surface area contributed by atoms with Crippen LogP contribution in [0, 0.1) is 11.3 Å². The molecule has 1 aliphatic heterocycles. The number of nitrogens with two attached hydrogens (primary N) is 1. The molecule has 0 spiro atoms. The van der Waals surface area contributed by atoms with E-state index in [1.165, 1.54) is 12.1 Å². The molecule has 11 heteroatoms. The lowest BCUT2D eigenvalue weighted by atomic mass is 10.2. The second-order valence-corrected chi connectivity index (χ2v) is 8.97. The molecule has 1 aliphatic rings. The summed E-state index contributed by atoms with van der Waals surface area (Å²) in [7, 11) is 2.12. The lowest BCUT2D eigenvalue weighted by molar-refractivity contribution is -0.111. The number of aryl methyl sites for hydroxylation is 1.